The number of ether oxygens (including phenoxy) is 1. The zero-order valence-electron chi connectivity index (χ0n) is 18.7. The number of ketones is 1. The number of amides is 1. The predicted octanol–water partition coefficient (Wildman–Crippen LogP) is 4.11. The van der Waals surface area contributed by atoms with Crippen molar-refractivity contribution in [2.24, 2.45) is 0 Å². The number of halogens is 1. The molecule has 1 aromatic heterocycles. The smallest absolute Gasteiger partial charge is 0.290 e. The number of rotatable bonds is 8. The number of nitrogens with zero attached hydrogens (tertiary/aromatic N) is 2. The molecule has 0 aliphatic carbocycles. The number of carbonyl (C=O) groups is 2. The first kappa shape index (κ1) is 22.5. The summed E-state index contributed by atoms with van der Waals surface area (Å²) in [5.74, 6) is -2.27. The van der Waals surface area contributed by atoms with Gasteiger partial charge in [0.1, 0.15) is 5.82 Å². The second kappa shape index (κ2) is 9.07. The fourth-order valence-electron chi connectivity index (χ4n) is 4.14. The molecule has 0 saturated heterocycles. The number of methoxy groups -OCH3 is 1. The molecule has 172 valence electrons. The summed E-state index contributed by atoms with van der Waals surface area (Å²) in [5, 5.41) is 11.4. The molecule has 2 heterocycles. The fraction of sp³-hybridized carbons (Fsp3) is 0.280. The van der Waals surface area contributed by atoms with E-state index >= 15 is 0 Å². The van der Waals surface area contributed by atoms with Crippen molar-refractivity contribution in [3.63, 3.8) is 0 Å². The molecule has 0 radical (unpaired) electrons. The van der Waals surface area contributed by atoms with Crippen molar-refractivity contribution in [1.29, 1.82) is 0 Å². The van der Waals surface area contributed by atoms with Crippen molar-refractivity contribution in [2.75, 3.05) is 34.3 Å². The lowest BCUT2D eigenvalue weighted by Gasteiger charge is -2.27. The summed E-state index contributed by atoms with van der Waals surface area (Å²) in [6.07, 6.45) is 0.584. The van der Waals surface area contributed by atoms with Crippen LogP contribution in [0.5, 0.6) is 5.75 Å². The minimum absolute atomic E-state index is 0.0691. The van der Waals surface area contributed by atoms with Gasteiger partial charge in [-0.2, -0.15) is 0 Å². The average molecular weight is 452 g/mol. The number of carbonyl (C=O) groups excluding carboxylic acids is 2. The Labute approximate surface area is 190 Å². The highest BCUT2D eigenvalue weighted by Crippen LogP contribution is 2.41. The molecule has 8 heteroatoms. The number of hydrogen-bond donors (Lipinski definition) is 1. The summed E-state index contributed by atoms with van der Waals surface area (Å²) < 4.78 is 25.9. The Morgan fingerprint density at radius 1 is 1.21 bits per heavy atom. The SMILES string of the molecule is COc1cccc2cc(C(=O)C3=C(O)C(=O)N(CCCN(C)C)[C@@H]3c3ccccc3F)oc12. The van der Waals surface area contributed by atoms with Crippen molar-refractivity contribution in [1.82, 2.24) is 9.80 Å². The van der Waals surface area contributed by atoms with E-state index in [4.69, 9.17) is 9.15 Å². The van der Waals surface area contributed by atoms with E-state index in [-0.39, 0.29) is 23.4 Å². The van der Waals surface area contributed by atoms with E-state index in [2.05, 4.69) is 0 Å². The molecule has 1 atom stereocenters. The van der Waals surface area contributed by atoms with Crippen LogP contribution in [0.25, 0.3) is 11.0 Å². The first-order chi connectivity index (χ1) is 15.8. The lowest BCUT2D eigenvalue weighted by molar-refractivity contribution is -0.129. The van der Waals surface area contributed by atoms with Gasteiger partial charge in [0, 0.05) is 17.5 Å². The Balaban J connectivity index is 1.78. The first-order valence-electron chi connectivity index (χ1n) is 10.6. The van der Waals surface area contributed by atoms with Crippen molar-refractivity contribution in [3.05, 3.63) is 77.0 Å². The molecular weight excluding hydrogens is 427 g/mol. The van der Waals surface area contributed by atoms with Crippen LogP contribution in [0.3, 0.4) is 0 Å². The second-order valence-electron chi connectivity index (χ2n) is 8.16. The lowest BCUT2D eigenvalue weighted by atomic mass is 9.94. The Morgan fingerprint density at radius 2 is 1.97 bits per heavy atom. The average Bonchev–Trinajstić information content (AvgIpc) is 3.34. The minimum Gasteiger partial charge on any atom is -0.503 e. The van der Waals surface area contributed by atoms with Gasteiger partial charge in [-0.25, -0.2) is 4.39 Å². The van der Waals surface area contributed by atoms with Crippen LogP contribution in [-0.2, 0) is 4.79 Å². The maximum absolute atomic E-state index is 14.8. The van der Waals surface area contributed by atoms with Gasteiger partial charge >= 0.3 is 0 Å². The summed E-state index contributed by atoms with van der Waals surface area (Å²) in [4.78, 5) is 29.8. The second-order valence-corrected chi connectivity index (χ2v) is 8.16. The van der Waals surface area contributed by atoms with Crippen LogP contribution in [0.2, 0.25) is 0 Å². The van der Waals surface area contributed by atoms with Gasteiger partial charge in [0.05, 0.1) is 18.7 Å². The molecule has 0 bridgehead atoms. The Hall–Kier alpha value is -3.65. The van der Waals surface area contributed by atoms with Crippen LogP contribution in [0.15, 0.2) is 64.3 Å². The molecular formula is C25H25FN2O5. The third-order valence-corrected chi connectivity index (χ3v) is 5.70. The van der Waals surface area contributed by atoms with E-state index in [9.17, 15) is 19.1 Å². The van der Waals surface area contributed by atoms with Gasteiger partial charge < -0.3 is 24.1 Å². The van der Waals surface area contributed by atoms with Gasteiger partial charge in [0.25, 0.3) is 5.91 Å². The van der Waals surface area contributed by atoms with Crippen molar-refractivity contribution < 1.29 is 28.2 Å². The molecule has 0 fully saturated rings. The monoisotopic (exact) mass is 452 g/mol. The topological polar surface area (TPSA) is 83.2 Å². The number of hydrogen-bond acceptors (Lipinski definition) is 6. The fourth-order valence-corrected chi connectivity index (χ4v) is 4.14. The highest BCUT2D eigenvalue weighted by molar-refractivity contribution is 6.16. The summed E-state index contributed by atoms with van der Waals surface area (Å²) in [7, 11) is 5.30. The number of Topliss-reactive ketones (excluding diaryl/α,β-unsaturated/α-hetero) is 1. The van der Waals surface area contributed by atoms with Gasteiger partial charge in [-0.05, 0) is 45.3 Å². The van der Waals surface area contributed by atoms with Crippen LogP contribution < -0.4 is 4.74 Å². The highest BCUT2D eigenvalue weighted by Gasteiger charge is 2.45. The van der Waals surface area contributed by atoms with Crippen molar-refractivity contribution >= 4 is 22.7 Å². The molecule has 7 nitrogen and oxygen atoms in total. The highest BCUT2D eigenvalue weighted by atomic mass is 19.1. The minimum atomic E-state index is -1.07. The zero-order valence-corrected chi connectivity index (χ0v) is 18.7. The largest absolute Gasteiger partial charge is 0.503 e. The van der Waals surface area contributed by atoms with E-state index in [1.54, 1.807) is 24.3 Å². The molecule has 1 amide bonds. The molecule has 0 spiro atoms. The number of benzene rings is 2. The van der Waals surface area contributed by atoms with Gasteiger partial charge in [0.2, 0.25) is 5.78 Å². The van der Waals surface area contributed by atoms with E-state index in [0.29, 0.717) is 29.7 Å². The van der Waals surface area contributed by atoms with Crippen LogP contribution in [0.1, 0.15) is 28.6 Å². The maximum Gasteiger partial charge on any atom is 0.290 e. The molecule has 3 aromatic rings. The van der Waals surface area contributed by atoms with Crippen molar-refractivity contribution in [3.8, 4) is 5.75 Å². The quantitative estimate of drug-likeness (QED) is 0.518. The van der Waals surface area contributed by atoms with Gasteiger partial charge in [-0.3, -0.25) is 9.59 Å². The summed E-state index contributed by atoms with van der Waals surface area (Å²) >= 11 is 0. The Bertz CT molecular complexity index is 1250. The van der Waals surface area contributed by atoms with Crippen LogP contribution >= 0.6 is 0 Å². The normalized spacial score (nSPS) is 16.3. The molecule has 0 unspecified atom stereocenters. The Morgan fingerprint density at radius 3 is 2.67 bits per heavy atom. The third kappa shape index (κ3) is 4.09. The summed E-state index contributed by atoms with van der Waals surface area (Å²) in [5.41, 5.74) is 0.308. The van der Waals surface area contributed by atoms with E-state index in [0.717, 1.165) is 0 Å². The summed E-state index contributed by atoms with van der Waals surface area (Å²) in [6, 6.07) is 11.6. The number of aliphatic hydroxyl groups excluding tert-OH is 1. The molecule has 1 aliphatic heterocycles. The van der Waals surface area contributed by atoms with E-state index in [1.807, 2.05) is 19.0 Å². The molecule has 33 heavy (non-hydrogen) atoms. The standard InChI is InChI=1S/C25H25FN2O5/c1-27(2)12-7-13-28-21(16-9-4-5-10-17(16)26)20(23(30)25(28)31)22(29)19-14-15-8-6-11-18(32-3)24(15)33-19/h4-6,8-11,14,21,30H,7,12-13H2,1-3H3/t21-/m1/s1. The maximum atomic E-state index is 14.8. The van der Waals surface area contributed by atoms with Crippen LogP contribution in [0.4, 0.5) is 4.39 Å². The number of aliphatic hydroxyl groups is 1. The molecule has 2 aromatic carbocycles. The van der Waals surface area contributed by atoms with Gasteiger partial charge in [-0.1, -0.05) is 30.3 Å². The molecule has 4 rings (SSSR count). The van der Waals surface area contributed by atoms with E-state index < -0.39 is 29.3 Å². The number of furan rings is 1. The van der Waals surface area contributed by atoms with Gasteiger partial charge in [-0.15, -0.1) is 0 Å². The third-order valence-electron chi connectivity index (χ3n) is 5.70. The van der Waals surface area contributed by atoms with Gasteiger partial charge in [0.15, 0.2) is 22.9 Å². The zero-order chi connectivity index (χ0) is 23.7. The molecule has 1 aliphatic rings. The van der Waals surface area contributed by atoms with Crippen LogP contribution in [-0.4, -0.2) is 60.9 Å². The lowest BCUT2D eigenvalue weighted by Crippen LogP contribution is -2.34. The Kier molecular flexibility index (Phi) is 6.20. The number of para-hydroxylation sites is 1. The van der Waals surface area contributed by atoms with Crippen LogP contribution in [0, 0.1) is 5.82 Å². The predicted molar refractivity (Wildman–Crippen MR) is 121 cm³/mol. The van der Waals surface area contributed by atoms with Crippen molar-refractivity contribution in [2.45, 2.75) is 12.5 Å². The summed E-state index contributed by atoms with van der Waals surface area (Å²) in [6.45, 7) is 0.923. The first-order valence-corrected chi connectivity index (χ1v) is 10.6. The van der Waals surface area contributed by atoms with E-state index in [1.165, 1.54) is 36.3 Å². The molecule has 0 saturated carbocycles. The molecule has 1 N–H and O–H groups in total. The number of fused-ring (bicyclic) bond motifs is 1.